The molecule has 0 unspecified atom stereocenters. The fraction of sp³-hybridized carbons (Fsp3) is 0.150. The third kappa shape index (κ3) is 4.04. The van der Waals surface area contributed by atoms with Gasteiger partial charge in [-0.15, -0.1) is 11.3 Å². The van der Waals surface area contributed by atoms with E-state index < -0.39 is 17.8 Å². The molecule has 0 bridgehead atoms. The molecule has 0 radical (unpaired) electrons. The summed E-state index contributed by atoms with van der Waals surface area (Å²) in [5.74, 6) is 0.161. The molecule has 3 aromatic heterocycles. The van der Waals surface area contributed by atoms with Crippen LogP contribution in [0.15, 0.2) is 47.8 Å². The molecular formula is C20H15F3N4O3S. The maximum absolute atomic E-state index is 13.6. The summed E-state index contributed by atoms with van der Waals surface area (Å²) in [6.45, 7) is 0. The van der Waals surface area contributed by atoms with Gasteiger partial charge in [0.1, 0.15) is 0 Å². The van der Waals surface area contributed by atoms with Crippen molar-refractivity contribution < 1.29 is 27.4 Å². The lowest BCUT2D eigenvalue weighted by Crippen LogP contribution is -2.15. The van der Waals surface area contributed by atoms with Gasteiger partial charge in [0.25, 0.3) is 5.91 Å². The molecule has 0 aliphatic rings. The van der Waals surface area contributed by atoms with Crippen molar-refractivity contribution in [2.45, 2.75) is 6.18 Å². The standard InChI is InChI=1S/C20H15F3N4O3S/c1-29-14-6-5-11(8-15(14)30-2)24-19(28)13-10-18-25-12(16-4-3-7-31-16)9-17(20(21,22)23)27(18)26-13/h3-10H,1-2H3,(H,24,28). The second kappa shape index (κ2) is 7.91. The second-order valence-electron chi connectivity index (χ2n) is 6.33. The van der Waals surface area contributed by atoms with Crippen LogP contribution in [0, 0.1) is 0 Å². The molecule has 0 saturated heterocycles. The summed E-state index contributed by atoms with van der Waals surface area (Å²) in [7, 11) is 2.92. The molecule has 1 N–H and O–H groups in total. The van der Waals surface area contributed by atoms with Crippen molar-refractivity contribution in [3.63, 3.8) is 0 Å². The Morgan fingerprint density at radius 2 is 1.87 bits per heavy atom. The molecule has 7 nitrogen and oxygen atoms in total. The van der Waals surface area contributed by atoms with Crippen molar-refractivity contribution in [3.8, 4) is 22.1 Å². The van der Waals surface area contributed by atoms with Crippen molar-refractivity contribution in [2.24, 2.45) is 0 Å². The Balaban J connectivity index is 1.72. The number of amides is 1. The molecule has 0 saturated carbocycles. The highest BCUT2D eigenvalue weighted by Crippen LogP contribution is 2.34. The number of anilines is 1. The number of fused-ring (bicyclic) bond motifs is 1. The Morgan fingerprint density at radius 1 is 1.10 bits per heavy atom. The van der Waals surface area contributed by atoms with E-state index in [2.05, 4.69) is 15.4 Å². The van der Waals surface area contributed by atoms with Crippen LogP contribution in [0.3, 0.4) is 0 Å². The minimum atomic E-state index is -4.68. The number of aromatic nitrogens is 3. The van der Waals surface area contributed by atoms with E-state index in [1.54, 1.807) is 29.6 Å². The number of nitrogens with zero attached hydrogens (tertiary/aromatic N) is 3. The number of nitrogens with one attached hydrogen (secondary N) is 1. The van der Waals surface area contributed by atoms with E-state index in [4.69, 9.17) is 9.47 Å². The average Bonchev–Trinajstić information content (AvgIpc) is 3.41. The van der Waals surface area contributed by atoms with E-state index in [1.165, 1.54) is 37.7 Å². The molecular weight excluding hydrogens is 433 g/mol. The molecule has 31 heavy (non-hydrogen) atoms. The molecule has 0 aliphatic carbocycles. The van der Waals surface area contributed by atoms with Gasteiger partial charge in [-0.1, -0.05) is 6.07 Å². The monoisotopic (exact) mass is 448 g/mol. The lowest BCUT2D eigenvalue weighted by molar-refractivity contribution is -0.142. The van der Waals surface area contributed by atoms with E-state index in [9.17, 15) is 18.0 Å². The van der Waals surface area contributed by atoms with Gasteiger partial charge < -0.3 is 14.8 Å². The summed E-state index contributed by atoms with van der Waals surface area (Å²) in [4.78, 5) is 17.5. The second-order valence-corrected chi connectivity index (χ2v) is 7.27. The van der Waals surface area contributed by atoms with Crippen molar-refractivity contribution in [1.29, 1.82) is 0 Å². The third-order valence-electron chi connectivity index (χ3n) is 4.37. The summed E-state index contributed by atoms with van der Waals surface area (Å²) in [5.41, 5.74) is -0.803. The number of methoxy groups -OCH3 is 2. The van der Waals surface area contributed by atoms with Crippen molar-refractivity contribution in [2.75, 3.05) is 19.5 Å². The molecule has 0 aliphatic heterocycles. The summed E-state index contributed by atoms with van der Waals surface area (Å²) in [6, 6.07) is 10.2. The third-order valence-corrected chi connectivity index (χ3v) is 5.26. The van der Waals surface area contributed by atoms with Gasteiger partial charge in [-0.05, 0) is 29.6 Å². The zero-order valence-corrected chi connectivity index (χ0v) is 17.0. The molecule has 0 atom stereocenters. The van der Waals surface area contributed by atoms with Crippen molar-refractivity contribution in [1.82, 2.24) is 14.6 Å². The van der Waals surface area contributed by atoms with Gasteiger partial charge in [0, 0.05) is 17.8 Å². The molecule has 0 spiro atoms. The number of hydrogen-bond acceptors (Lipinski definition) is 6. The van der Waals surface area contributed by atoms with Crippen molar-refractivity contribution in [3.05, 3.63) is 59.2 Å². The molecule has 1 aromatic carbocycles. The van der Waals surface area contributed by atoms with Crippen LogP contribution in [-0.2, 0) is 6.18 Å². The minimum Gasteiger partial charge on any atom is -0.493 e. The number of ether oxygens (including phenoxy) is 2. The number of rotatable bonds is 5. The predicted octanol–water partition coefficient (Wildman–Crippen LogP) is 4.75. The Morgan fingerprint density at radius 3 is 2.52 bits per heavy atom. The topological polar surface area (TPSA) is 77.8 Å². The SMILES string of the molecule is COc1ccc(NC(=O)c2cc3nc(-c4cccs4)cc(C(F)(F)F)n3n2)cc1OC. The number of carbonyl (C=O) groups excluding carboxylic acids is 1. The normalized spacial score (nSPS) is 11.5. The zero-order chi connectivity index (χ0) is 22.2. The van der Waals surface area contributed by atoms with Gasteiger partial charge in [-0.3, -0.25) is 4.79 Å². The van der Waals surface area contributed by atoms with Gasteiger partial charge >= 0.3 is 6.18 Å². The maximum atomic E-state index is 13.6. The summed E-state index contributed by atoms with van der Waals surface area (Å²) >= 11 is 1.26. The van der Waals surface area contributed by atoms with Gasteiger partial charge in [0.15, 0.2) is 28.5 Å². The fourth-order valence-electron chi connectivity index (χ4n) is 2.95. The number of hydrogen-bond donors (Lipinski definition) is 1. The first-order valence-electron chi connectivity index (χ1n) is 8.85. The minimum absolute atomic E-state index is 0.0873. The lowest BCUT2D eigenvalue weighted by Gasteiger charge is -2.10. The van der Waals surface area contributed by atoms with Crippen LogP contribution in [-0.4, -0.2) is 34.7 Å². The van der Waals surface area contributed by atoms with Crippen LogP contribution in [0.5, 0.6) is 11.5 Å². The molecule has 0 fully saturated rings. The van der Waals surface area contributed by atoms with E-state index >= 15 is 0 Å². The van der Waals surface area contributed by atoms with E-state index in [0.29, 0.717) is 26.6 Å². The predicted molar refractivity (Wildman–Crippen MR) is 109 cm³/mol. The van der Waals surface area contributed by atoms with Crippen LogP contribution in [0.4, 0.5) is 18.9 Å². The Hall–Kier alpha value is -3.60. The summed E-state index contributed by atoms with van der Waals surface area (Å²) < 4.78 is 51.9. The van der Waals surface area contributed by atoms with Crippen LogP contribution in [0.1, 0.15) is 16.2 Å². The Kier molecular flexibility index (Phi) is 5.27. The fourth-order valence-corrected chi connectivity index (χ4v) is 3.63. The highest BCUT2D eigenvalue weighted by molar-refractivity contribution is 7.13. The lowest BCUT2D eigenvalue weighted by atomic mass is 10.2. The molecule has 3 heterocycles. The summed E-state index contributed by atoms with van der Waals surface area (Å²) in [6.07, 6.45) is -4.68. The van der Waals surface area contributed by atoms with Crippen LogP contribution in [0.2, 0.25) is 0 Å². The van der Waals surface area contributed by atoms with E-state index in [0.717, 1.165) is 6.07 Å². The first kappa shape index (κ1) is 20.7. The van der Waals surface area contributed by atoms with Crippen LogP contribution >= 0.6 is 11.3 Å². The van der Waals surface area contributed by atoms with Gasteiger partial charge in [-0.25, -0.2) is 9.50 Å². The van der Waals surface area contributed by atoms with Gasteiger partial charge in [-0.2, -0.15) is 18.3 Å². The number of alkyl halides is 3. The van der Waals surface area contributed by atoms with Gasteiger partial charge in [0.2, 0.25) is 0 Å². The maximum Gasteiger partial charge on any atom is 0.433 e. The molecule has 4 rings (SSSR count). The largest absolute Gasteiger partial charge is 0.493 e. The molecule has 4 aromatic rings. The smallest absolute Gasteiger partial charge is 0.433 e. The summed E-state index contributed by atoms with van der Waals surface area (Å²) in [5, 5.41) is 8.17. The molecule has 1 amide bonds. The highest BCUT2D eigenvalue weighted by Gasteiger charge is 2.35. The van der Waals surface area contributed by atoms with Crippen LogP contribution in [0.25, 0.3) is 16.2 Å². The van der Waals surface area contributed by atoms with Crippen molar-refractivity contribution >= 4 is 28.6 Å². The first-order chi connectivity index (χ1) is 14.8. The van der Waals surface area contributed by atoms with Crippen LogP contribution < -0.4 is 14.8 Å². The molecule has 11 heteroatoms. The molecule has 160 valence electrons. The average molecular weight is 448 g/mol. The number of benzene rings is 1. The highest BCUT2D eigenvalue weighted by atomic mass is 32.1. The Labute approximate surface area is 178 Å². The van der Waals surface area contributed by atoms with E-state index in [1.807, 2.05) is 0 Å². The van der Waals surface area contributed by atoms with E-state index in [-0.39, 0.29) is 17.0 Å². The van der Waals surface area contributed by atoms with Gasteiger partial charge in [0.05, 0.1) is 24.8 Å². The zero-order valence-electron chi connectivity index (χ0n) is 16.2. The first-order valence-corrected chi connectivity index (χ1v) is 9.73. The quantitative estimate of drug-likeness (QED) is 0.477. The number of halogens is 3. The Bertz CT molecular complexity index is 1250. The number of carbonyl (C=O) groups is 1. The number of thiophene rings is 1.